The lowest BCUT2D eigenvalue weighted by Gasteiger charge is -2.29. The minimum absolute atomic E-state index is 0.0620. The zero-order valence-corrected chi connectivity index (χ0v) is 17.5. The maximum absolute atomic E-state index is 12.6. The Morgan fingerprint density at radius 2 is 2.03 bits per heavy atom. The van der Waals surface area contributed by atoms with Gasteiger partial charge in [-0.15, -0.1) is 0 Å². The van der Waals surface area contributed by atoms with Gasteiger partial charge >= 0.3 is 0 Å². The molecule has 29 heavy (non-hydrogen) atoms. The van der Waals surface area contributed by atoms with Crippen LogP contribution in [-0.4, -0.2) is 65.4 Å². The van der Waals surface area contributed by atoms with Crippen molar-refractivity contribution < 1.29 is 19.5 Å². The van der Waals surface area contributed by atoms with Crippen molar-refractivity contribution in [3.8, 4) is 0 Å². The summed E-state index contributed by atoms with van der Waals surface area (Å²) in [6.07, 6.45) is 3.70. The number of aryl methyl sites for hydroxylation is 1. The number of morpholine rings is 1. The van der Waals surface area contributed by atoms with Crippen molar-refractivity contribution in [3.63, 3.8) is 0 Å². The topological polar surface area (TPSA) is 120 Å². The molecular formula is C19H32N6O4. The number of carbonyl (C=O) groups excluding carboxylic acids is 2. The van der Waals surface area contributed by atoms with Gasteiger partial charge in [0.25, 0.3) is 0 Å². The van der Waals surface area contributed by atoms with Gasteiger partial charge in [-0.3, -0.25) is 25.6 Å². The van der Waals surface area contributed by atoms with Gasteiger partial charge in [0.2, 0.25) is 18.3 Å². The molecule has 2 rings (SSSR count). The zero-order chi connectivity index (χ0) is 21.2. The Morgan fingerprint density at radius 1 is 1.31 bits per heavy atom. The van der Waals surface area contributed by atoms with Crippen LogP contribution in [0.5, 0.6) is 0 Å². The fourth-order valence-electron chi connectivity index (χ4n) is 3.19. The molecule has 2 heterocycles. The Bertz CT molecular complexity index is 681. The lowest BCUT2D eigenvalue weighted by Crippen LogP contribution is -2.41. The average Bonchev–Trinajstić information content (AvgIpc) is 2.74. The third kappa shape index (κ3) is 6.82. The number of aromatic nitrogens is 2. The molecule has 2 amide bonds. The van der Waals surface area contributed by atoms with Crippen LogP contribution in [0.4, 0.5) is 11.8 Å². The molecule has 0 bridgehead atoms. The lowest BCUT2D eigenvalue weighted by molar-refractivity contribution is -0.154. The first-order valence-corrected chi connectivity index (χ1v) is 10.1. The third-order valence-electron chi connectivity index (χ3n) is 5.03. The minimum Gasteiger partial charge on any atom is -0.378 e. The van der Waals surface area contributed by atoms with Gasteiger partial charge in [-0.2, -0.15) is 4.98 Å². The predicted molar refractivity (Wildman–Crippen MR) is 108 cm³/mol. The van der Waals surface area contributed by atoms with E-state index >= 15 is 0 Å². The normalized spacial score (nSPS) is 15.0. The molecule has 1 aromatic heterocycles. The monoisotopic (exact) mass is 408 g/mol. The highest BCUT2D eigenvalue weighted by molar-refractivity contribution is 5.80. The molecular weight excluding hydrogens is 376 g/mol. The van der Waals surface area contributed by atoms with Crippen LogP contribution in [0.25, 0.3) is 0 Å². The van der Waals surface area contributed by atoms with E-state index in [0.29, 0.717) is 37.1 Å². The van der Waals surface area contributed by atoms with Crippen molar-refractivity contribution in [1.29, 1.82) is 0 Å². The molecule has 10 heteroatoms. The van der Waals surface area contributed by atoms with Gasteiger partial charge in [-0.05, 0) is 20.3 Å². The van der Waals surface area contributed by atoms with E-state index in [1.165, 1.54) is 0 Å². The van der Waals surface area contributed by atoms with Crippen molar-refractivity contribution >= 4 is 24.1 Å². The summed E-state index contributed by atoms with van der Waals surface area (Å²) in [6.45, 7) is 8.68. The van der Waals surface area contributed by atoms with Gasteiger partial charge in [-0.1, -0.05) is 26.2 Å². The Kier molecular flexibility index (Phi) is 9.07. The fraction of sp³-hybridized carbons (Fsp3) is 0.684. The van der Waals surface area contributed by atoms with E-state index < -0.39 is 5.92 Å². The Labute approximate surface area is 171 Å². The molecule has 1 atom stereocenters. The minimum atomic E-state index is -0.533. The summed E-state index contributed by atoms with van der Waals surface area (Å²) in [5, 5.41) is 9.99. The van der Waals surface area contributed by atoms with Crippen molar-refractivity contribution in [3.05, 3.63) is 11.3 Å². The number of anilines is 2. The number of ether oxygens (including phenoxy) is 1. The maximum atomic E-state index is 12.6. The van der Waals surface area contributed by atoms with E-state index in [4.69, 9.17) is 4.74 Å². The molecule has 0 aliphatic carbocycles. The van der Waals surface area contributed by atoms with Crippen molar-refractivity contribution in [2.45, 2.75) is 46.5 Å². The van der Waals surface area contributed by atoms with Gasteiger partial charge in [0.15, 0.2) is 0 Å². The van der Waals surface area contributed by atoms with Crippen molar-refractivity contribution in [1.82, 2.24) is 20.5 Å². The van der Waals surface area contributed by atoms with E-state index in [0.717, 1.165) is 49.4 Å². The molecule has 1 fully saturated rings. The van der Waals surface area contributed by atoms with Crippen LogP contribution >= 0.6 is 0 Å². The summed E-state index contributed by atoms with van der Waals surface area (Å²) in [6, 6.07) is 0. The summed E-state index contributed by atoms with van der Waals surface area (Å²) in [5.74, 6) is 0.261. The average molecular weight is 409 g/mol. The quantitative estimate of drug-likeness (QED) is 0.218. The standard InChI is InChI=1S/C19H32N6O4/c1-4-5-6-7-16(12-25(28)13-26)18(27)22-23-19-20-15(3)14(2)17(21-19)24-8-10-29-11-9-24/h13,16,28H,4-12H2,1-3H3,(H,22,27)(H,20,21,23)/t16-/m1/s1. The highest BCUT2D eigenvalue weighted by Crippen LogP contribution is 2.22. The highest BCUT2D eigenvalue weighted by atomic mass is 16.5. The number of hydrazine groups is 1. The molecule has 1 aliphatic rings. The lowest BCUT2D eigenvalue weighted by atomic mass is 10.0. The van der Waals surface area contributed by atoms with Crippen LogP contribution in [0, 0.1) is 19.8 Å². The number of hydrogen-bond acceptors (Lipinski definition) is 8. The number of unbranched alkanes of at least 4 members (excludes halogenated alkanes) is 2. The number of carbonyl (C=O) groups is 2. The first-order valence-electron chi connectivity index (χ1n) is 10.1. The number of nitrogens with zero attached hydrogens (tertiary/aromatic N) is 4. The van der Waals surface area contributed by atoms with Crippen LogP contribution < -0.4 is 15.8 Å². The van der Waals surface area contributed by atoms with E-state index in [1.807, 2.05) is 13.8 Å². The summed E-state index contributed by atoms with van der Waals surface area (Å²) in [4.78, 5) is 34.4. The van der Waals surface area contributed by atoms with E-state index in [2.05, 4.69) is 32.6 Å². The SMILES string of the molecule is CCCCC[C@H](CN(O)C=O)C(=O)NNc1nc(C)c(C)c(N2CCOCC2)n1. The number of hydrogen-bond donors (Lipinski definition) is 3. The number of amides is 2. The molecule has 10 nitrogen and oxygen atoms in total. The maximum Gasteiger partial charge on any atom is 0.244 e. The summed E-state index contributed by atoms with van der Waals surface area (Å²) >= 11 is 0. The van der Waals surface area contributed by atoms with Crippen LogP contribution in [0.15, 0.2) is 0 Å². The molecule has 162 valence electrons. The van der Waals surface area contributed by atoms with Crippen LogP contribution in [0.1, 0.15) is 43.9 Å². The predicted octanol–water partition coefficient (Wildman–Crippen LogP) is 1.42. The van der Waals surface area contributed by atoms with Crippen molar-refractivity contribution in [2.24, 2.45) is 5.92 Å². The smallest absolute Gasteiger partial charge is 0.244 e. The summed E-state index contributed by atoms with van der Waals surface area (Å²) < 4.78 is 5.40. The molecule has 1 saturated heterocycles. The first kappa shape index (κ1) is 22.8. The number of nitrogens with one attached hydrogen (secondary N) is 2. The molecule has 1 aromatic rings. The Morgan fingerprint density at radius 3 is 2.69 bits per heavy atom. The van der Waals surface area contributed by atoms with Gasteiger partial charge < -0.3 is 9.64 Å². The number of rotatable bonds is 11. The van der Waals surface area contributed by atoms with Gasteiger partial charge in [0, 0.05) is 24.3 Å². The largest absolute Gasteiger partial charge is 0.378 e. The fourth-order valence-corrected chi connectivity index (χ4v) is 3.19. The third-order valence-corrected chi connectivity index (χ3v) is 5.03. The molecule has 0 unspecified atom stereocenters. The van der Waals surface area contributed by atoms with Gasteiger partial charge in [0.1, 0.15) is 5.82 Å². The summed E-state index contributed by atoms with van der Waals surface area (Å²) in [7, 11) is 0. The van der Waals surface area contributed by atoms with Crippen LogP contribution in [0.2, 0.25) is 0 Å². The second kappa shape index (κ2) is 11.5. The molecule has 3 N–H and O–H groups in total. The van der Waals surface area contributed by atoms with Crippen LogP contribution in [0.3, 0.4) is 0 Å². The second-order valence-corrected chi connectivity index (χ2v) is 7.22. The molecule has 1 aliphatic heterocycles. The number of hydroxylamine groups is 2. The molecule has 0 radical (unpaired) electrons. The van der Waals surface area contributed by atoms with Gasteiger partial charge in [0.05, 0.1) is 25.7 Å². The van der Waals surface area contributed by atoms with Crippen molar-refractivity contribution in [2.75, 3.05) is 43.2 Å². The second-order valence-electron chi connectivity index (χ2n) is 7.22. The first-order chi connectivity index (χ1) is 14.0. The van der Waals surface area contributed by atoms with Gasteiger partial charge in [-0.25, -0.2) is 10.0 Å². The zero-order valence-electron chi connectivity index (χ0n) is 17.5. The summed E-state index contributed by atoms with van der Waals surface area (Å²) in [5.41, 5.74) is 7.22. The molecule has 0 spiro atoms. The Hall–Kier alpha value is -2.46. The van der Waals surface area contributed by atoms with E-state index in [1.54, 1.807) is 0 Å². The van der Waals surface area contributed by atoms with E-state index in [-0.39, 0.29) is 12.5 Å². The molecule has 0 saturated carbocycles. The Balaban J connectivity index is 2.04. The highest BCUT2D eigenvalue weighted by Gasteiger charge is 2.22. The van der Waals surface area contributed by atoms with Crippen LogP contribution in [-0.2, 0) is 14.3 Å². The van der Waals surface area contributed by atoms with E-state index in [9.17, 15) is 14.8 Å². The molecule has 0 aromatic carbocycles.